The summed E-state index contributed by atoms with van der Waals surface area (Å²) in [5.74, 6) is -0.815. The highest BCUT2D eigenvalue weighted by atomic mass is 19.3. The van der Waals surface area contributed by atoms with Crippen LogP contribution < -0.4 is 0 Å². The second-order valence-corrected chi connectivity index (χ2v) is 8.01. The summed E-state index contributed by atoms with van der Waals surface area (Å²) in [6, 6.07) is 15.4. The monoisotopic (exact) mass is 425 g/mol. The standard InChI is InChI=1S/C23H21F2N3O3/c24-19(25)21-27-26-20(31-21)16-6-7-17-14-28(22(29)18(17)12-16)23(8-10-30-11-9-23)13-15-4-2-1-3-5-15/h1-7,12,19H,8-11,13-14H2. The second kappa shape index (κ2) is 7.85. The fourth-order valence-electron chi connectivity index (χ4n) is 4.53. The van der Waals surface area contributed by atoms with E-state index in [1.54, 1.807) is 12.1 Å². The predicted octanol–water partition coefficient (Wildman–Crippen LogP) is 4.42. The van der Waals surface area contributed by atoms with Gasteiger partial charge < -0.3 is 14.1 Å². The number of carbonyl (C=O) groups excluding carboxylic acids is 1. The Balaban J connectivity index is 1.46. The number of alkyl halides is 2. The fraction of sp³-hybridized carbons (Fsp3) is 0.348. The van der Waals surface area contributed by atoms with Gasteiger partial charge in [0, 0.05) is 30.9 Å². The third kappa shape index (κ3) is 3.61. The van der Waals surface area contributed by atoms with Crippen molar-refractivity contribution in [2.24, 2.45) is 0 Å². The molecule has 3 aromatic rings. The smallest absolute Gasteiger partial charge is 0.314 e. The third-order valence-corrected chi connectivity index (χ3v) is 6.16. The van der Waals surface area contributed by atoms with Crippen LogP contribution in [-0.2, 0) is 17.7 Å². The van der Waals surface area contributed by atoms with E-state index in [4.69, 9.17) is 9.15 Å². The molecule has 6 nitrogen and oxygen atoms in total. The lowest BCUT2D eigenvalue weighted by molar-refractivity contribution is -0.0195. The number of hydrogen-bond acceptors (Lipinski definition) is 5. The lowest BCUT2D eigenvalue weighted by atomic mass is 9.82. The van der Waals surface area contributed by atoms with Crippen LogP contribution in [0.2, 0.25) is 0 Å². The molecule has 2 aliphatic rings. The molecule has 0 atom stereocenters. The topological polar surface area (TPSA) is 68.5 Å². The van der Waals surface area contributed by atoms with Crippen molar-refractivity contribution in [1.82, 2.24) is 15.1 Å². The Hall–Kier alpha value is -3.13. The van der Waals surface area contributed by atoms with Gasteiger partial charge in [-0.15, -0.1) is 10.2 Å². The van der Waals surface area contributed by atoms with Gasteiger partial charge in [0.1, 0.15) is 0 Å². The molecular formula is C23H21F2N3O3. The molecule has 3 heterocycles. The van der Waals surface area contributed by atoms with E-state index < -0.39 is 12.3 Å². The molecular weight excluding hydrogens is 404 g/mol. The molecule has 31 heavy (non-hydrogen) atoms. The average Bonchev–Trinajstić information content (AvgIpc) is 3.41. The maximum absolute atomic E-state index is 13.5. The van der Waals surface area contributed by atoms with Crippen molar-refractivity contribution < 1.29 is 22.7 Å². The van der Waals surface area contributed by atoms with Gasteiger partial charge in [-0.3, -0.25) is 4.79 Å². The summed E-state index contributed by atoms with van der Waals surface area (Å²) < 4.78 is 36.2. The Labute approximate surface area is 177 Å². The third-order valence-electron chi connectivity index (χ3n) is 6.16. The maximum atomic E-state index is 13.5. The van der Waals surface area contributed by atoms with Crippen molar-refractivity contribution >= 4 is 5.91 Å². The van der Waals surface area contributed by atoms with Crippen molar-refractivity contribution in [3.8, 4) is 11.5 Å². The van der Waals surface area contributed by atoms with Crippen LogP contribution in [0, 0.1) is 0 Å². The summed E-state index contributed by atoms with van der Waals surface area (Å²) >= 11 is 0. The maximum Gasteiger partial charge on any atom is 0.314 e. The SMILES string of the molecule is O=C1c2cc(-c3nnc(C(F)F)o3)ccc2CN1C1(Cc2ccccc2)CCOCC1. The molecule has 2 aliphatic heterocycles. The number of benzene rings is 2. The quantitative estimate of drug-likeness (QED) is 0.605. The molecule has 0 aliphatic carbocycles. The molecule has 8 heteroatoms. The molecule has 0 N–H and O–H groups in total. The summed E-state index contributed by atoms with van der Waals surface area (Å²) in [5, 5.41) is 7.07. The highest BCUT2D eigenvalue weighted by molar-refractivity contribution is 5.99. The summed E-state index contributed by atoms with van der Waals surface area (Å²) in [4.78, 5) is 15.4. The number of hydrogen-bond donors (Lipinski definition) is 0. The molecule has 1 fully saturated rings. The normalized spacial score (nSPS) is 17.9. The van der Waals surface area contributed by atoms with Gasteiger partial charge in [-0.25, -0.2) is 0 Å². The minimum Gasteiger partial charge on any atom is -0.415 e. The summed E-state index contributed by atoms with van der Waals surface area (Å²) in [7, 11) is 0. The number of fused-ring (bicyclic) bond motifs is 1. The zero-order valence-corrected chi connectivity index (χ0v) is 16.8. The van der Waals surface area contributed by atoms with Gasteiger partial charge >= 0.3 is 6.43 Å². The highest BCUT2D eigenvalue weighted by Gasteiger charge is 2.45. The van der Waals surface area contributed by atoms with E-state index in [1.165, 1.54) is 5.56 Å². The number of ether oxygens (including phenoxy) is 1. The van der Waals surface area contributed by atoms with E-state index in [9.17, 15) is 13.6 Å². The van der Waals surface area contributed by atoms with Crippen LogP contribution in [0.1, 0.15) is 46.6 Å². The molecule has 2 aromatic carbocycles. The van der Waals surface area contributed by atoms with Crippen LogP contribution in [0.25, 0.3) is 11.5 Å². The molecule has 0 radical (unpaired) electrons. The minimum absolute atomic E-state index is 0.0191. The summed E-state index contributed by atoms with van der Waals surface area (Å²) in [6.07, 6.45) is -0.559. The van der Waals surface area contributed by atoms with Crippen molar-refractivity contribution in [2.75, 3.05) is 13.2 Å². The highest BCUT2D eigenvalue weighted by Crippen LogP contribution is 2.39. The minimum atomic E-state index is -2.83. The largest absolute Gasteiger partial charge is 0.415 e. The Morgan fingerprint density at radius 2 is 1.84 bits per heavy atom. The van der Waals surface area contributed by atoms with Crippen molar-refractivity contribution in [3.05, 3.63) is 71.1 Å². The van der Waals surface area contributed by atoms with Crippen molar-refractivity contribution in [2.45, 2.75) is 37.8 Å². The Morgan fingerprint density at radius 3 is 2.55 bits per heavy atom. The molecule has 5 rings (SSSR count). The lowest BCUT2D eigenvalue weighted by Gasteiger charge is -2.44. The Bertz CT molecular complexity index is 1090. The van der Waals surface area contributed by atoms with Crippen molar-refractivity contribution in [1.29, 1.82) is 0 Å². The van der Waals surface area contributed by atoms with Crippen LogP contribution >= 0.6 is 0 Å². The molecule has 0 spiro atoms. The van der Waals surface area contributed by atoms with Crippen LogP contribution in [0.5, 0.6) is 0 Å². The van der Waals surface area contributed by atoms with Crippen LogP contribution in [-0.4, -0.2) is 39.8 Å². The molecule has 0 bridgehead atoms. The Morgan fingerprint density at radius 1 is 1.06 bits per heavy atom. The first kappa shape index (κ1) is 19.8. The van der Waals surface area contributed by atoms with Crippen LogP contribution in [0.4, 0.5) is 8.78 Å². The first-order valence-corrected chi connectivity index (χ1v) is 10.2. The van der Waals surface area contributed by atoms with E-state index >= 15 is 0 Å². The molecule has 1 aromatic heterocycles. The molecule has 1 saturated heterocycles. The van der Waals surface area contributed by atoms with Gasteiger partial charge in [0.05, 0.1) is 5.54 Å². The second-order valence-electron chi connectivity index (χ2n) is 8.01. The number of carbonyl (C=O) groups is 1. The number of aromatic nitrogens is 2. The Kier molecular flexibility index (Phi) is 5.02. The first-order valence-electron chi connectivity index (χ1n) is 10.2. The number of nitrogens with zero attached hydrogens (tertiary/aromatic N) is 3. The van der Waals surface area contributed by atoms with E-state index in [2.05, 4.69) is 22.3 Å². The van der Waals surface area contributed by atoms with Gasteiger partial charge in [-0.1, -0.05) is 36.4 Å². The van der Waals surface area contributed by atoms with Gasteiger partial charge in [-0.05, 0) is 42.5 Å². The zero-order chi connectivity index (χ0) is 21.4. The van der Waals surface area contributed by atoms with Crippen LogP contribution in [0.15, 0.2) is 52.9 Å². The summed E-state index contributed by atoms with van der Waals surface area (Å²) in [6.45, 7) is 1.72. The van der Waals surface area contributed by atoms with Gasteiger partial charge in [-0.2, -0.15) is 8.78 Å². The van der Waals surface area contributed by atoms with E-state index in [-0.39, 0.29) is 17.3 Å². The van der Waals surface area contributed by atoms with Crippen LogP contribution in [0.3, 0.4) is 0 Å². The number of amides is 1. The van der Waals surface area contributed by atoms with E-state index in [0.717, 1.165) is 24.8 Å². The van der Waals surface area contributed by atoms with E-state index in [1.807, 2.05) is 29.2 Å². The predicted molar refractivity (Wildman–Crippen MR) is 107 cm³/mol. The average molecular weight is 425 g/mol. The van der Waals surface area contributed by atoms with Gasteiger partial charge in [0.25, 0.3) is 11.8 Å². The zero-order valence-electron chi connectivity index (χ0n) is 16.8. The van der Waals surface area contributed by atoms with Gasteiger partial charge in [0.15, 0.2) is 0 Å². The number of halogens is 2. The van der Waals surface area contributed by atoms with E-state index in [0.29, 0.717) is 30.9 Å². The van der Waals surface area contributed by atoms with Crippen molar-refractivity contribution in [3.63, 3.8) is 0 Å². The summed E-state index contributed by atoms with van der Waals surface area (Å²) in [5.41, 5.74) is 2.76. The molecule has 0 saturated carbocycles. The molecule has 1 amide bonds. The molecule has 0 unspecified atom stereocenters. The first-order chi connectivity index (χ1) is 15.1. The van der Waals surface area contributed by atoms with Gasteiger partial charge in [0.2, 0.25) is 5.89 Å². The molecule has 160 valence electrons. The lowest BCUT2D eigenvalue weighted by Crippen LogP contribution is -2.53. The number of rotatable bonds is 5. The fourth-order valence-corrected chi connectivity index (χ4v) is 4.53.